The van der Waals surface area contributed by atoms with E-state index in [0.29, 0.717) is 6.61 Å². The molecule has 6 atom stereocenters. The molecule has 0 radical (unpaired) electrons. The maximum Gasteiger partial charge on any atom is 0.291 e. The number of hydrogen-bond donors (Lipinski definition) is 1. The predicted octanol–water partition coefficient (Wildman–Crippen LogP) is 1.80. The van der Waals surface area contributed by atoms with Crippen molar-refractivity contribution in [2.45, 2.75) is 64.1 Å². The topological polar surface area (TPSA) is 66.4 Å². The van der Waals surface area contributed by atoms with E-state index in [2.05, 4.69) is 0 Å². The maximum atomic E-state index is 9.67. The summed E-state index contributed by atoms with van der Waals surface area (Å²) in [4.78, 5) is 0. The summed E-state index contributed by atoms with van der Waals surface area (Å²) in [5.74, 6) is -1.16. The van der Waals surface area contributed by atoms with Crippen LogP contribution in [0, 0.1) is 5.41 Å². The molecule has 6 heteroatoms. The highest BCUT2D eigenvalue weighted by atomic mass is 17.0. The van der Waals surface area contributed by atoms with Crippen LogP contribution in [0.1, 0.15) is 26.3 Å². The SMILES string of the molecule is CC(C)(C)C12O[C@H]3O[C@H](CO)[C@@H](O1)[C@H](OCc1ccccc1)[C@H]3O2. The first-order chi connectivity index (χ1) is 11.4. The minimum absolute atomic E-state index is 0.150. The van der Waals surface area contributed by atoms with Gasteiger partial charge < -0.3 is 24.1 Å². The molecule has 3 aliphatic heterocycles. The summed E-state index contributed by atoms with van der Waals surface area (Å²) >= 11 is 0. The van der Waals surface area contributed by atoms with Crippen molar-refractivity contribution in [2.75, 3.05) is 6.61 Å². The van der Waals surface area contributed by atoms with E-state index in [0.717, 1.165) is 5.56 Å². The summed E-state index contributed by atoms with van der Waals surface area (Å²) in [6.07, 6.45) is -2.23. The summed E-state index contributed by atoms with van der Waals surface area (Å²) in [6.45, 7) is 6.27. The quantitative estimate of drug-likeness (QED) is 0.904. The minimum atomic E-state index is -1.16. The van der Waals surface area contributed by atoms with E-state index in [1.54, 1.807) is 0 Å². The number of benzene rings is 1. The maximum absolute atomic E-state index is 9.67. The molecule has 0 amide bonds. The molecular weight excluding hydrogens is 312 g/mol. The minimum Gasteiger partial charge on any atom is -0.394 e. The highest BCUT2D eigenvalue weighted by molar-refractivity contribution is 5.14. The van der Waals surface area contributed by atoms with Crippen LogP contribution in [0.15, 0.2) is 30.3 Å². The zero-order valence-electron chi connectivity index (χ0n) is 14.2. The van der Waals surface area contributed by atoms with Crippen molar-refractivity contribution >= 4 is 0 Å². The third-order valence-electron chi connectivity index (χ3n) is 4.83. The van der Waals surface area contributed by atoms with E-state index in [1.807, 2.05) is 51.1 Å². The molecule has 0 aliphatic carbocycles. The van der Waals surface area contributed by atoms with E-state index < -0.39 is 29.9 Å². The lowest BCUT2D eigenvalue weighted by Gasteiger charge is -2.48. The van der Waals surface area contributed by atoms with Crippen LogP contribution in [0.3, 0.4) is 0 Å². The third-order valence-corrected chi connectivity index (χ3v) is 4.83. The number of hydrogen-bond acceptors (Lipinski definition) is 6. The highest BCUT2D eigenvalue weighted by Gasteiger charge is 2.69. The average Bonchev–Trinajstić information content (AvgIpc) is 2.77. The molecule has 0 saturated carbocycles. The van der Waals surface area contributed by atoms with Crippen LogP contribution in [-0.2, 0) is 30.3 Å². The summed E-state index contributed by atoms with van der Waals surface area (Å²) in [5.41, 5.74) is 0.678. The molecule has 0 aromatic heterocycles. The third kappa shape index (κ3) is 2.49. The zero-order chi connectivity index (χ0) is 16.9. The van der Waals surface area contributed by atoms with Crippen LogP contribution in [-0.4, -0.2) is 48.4 Å². The molecule has 3 bridgehead atoms. The molecule has 1 N–H and O–H groups in total. The lowest BCUT2D eigenvalue weighted by Crippen LogP contribution is -2.64. The van der Waals surface area contributed by atoms with Crippen molar-refractivity contribution in [2.24, 2.45) is 5.41 Å². The summed E-state index contributed by atoms with van der Waals surface area (Å²) in [7, 11) is 0. The lowest BCUT2D eigenvalue weighted by molar-refractivity contribution is -0.430. The van der Waals surface area contributed by atoms with Gasteiger partial charge >= 0.3 is 0 Å². The molecule has 1 aromatic carbocycles. The lowest BCUT2D eigenvalue weighted by atomic mass is 9.91. The standard InChI is InChI=1S/C18H24O6/c1-17(2,3)18-22-13-12(9-19)21-16(24-18)15(23-18)14(13)20-10-11-7-5-4-6-8-11/h4-8,12-16,19H,9-10H2,1-3H3/t12-,13-,14+,15-,16-,18?/m1/s1. The second-order valence-corrected chi connectivity index (χ2v) is 7.58. The van der Waals surface area contributed by atoms with E-state index in [4.69, 9.17) is 23.7 Å². The Hall–Kier alpha value is -1.02. The van der Waals surface area contributed by atoms with Gasteiger partial charge in [-0.2, -0.15) is 0 Å². The van der Waals surface area contributed by atoms with Gasteiger partial charge in [-0.25, -0.2) is 0 Å². The van der Waals surface area contributed by atoms with Gasteiger partial charge in [0.1, 0.15) is 24.4 Å². The molecule has 0 spiro atoms. The van der Waals surface area contributed by atoms with Crippen LogP contribution >= 0.6 is 0 Å². The van der Waals surface area contributed by atoms with Gasteiger partial charge in [0.2, 0.25) is 0 Å². The number of rotatable bonds is 4. The Morgan fingerprint density at radius 2 is 1.79 bits per heavy atom. The number of fused-ring (bicyclic) bond motifs is 2. The zero-order valence-corrected chi connectivity index (χ0v) is 14.2. The van der Waals surface area contributed by atoms with E-state index in [-0.39, 0.29) is 18.8 Å². The molecule has 3 fully saturated rings. The Balaban J connectivity index is 1.57. The smallest absolute Gasteiger partial charge is 0.291 e. The van der Waals surface area contributed by atoms with Crippen LogP contribution in [0.2, 0.25) is 0 Å². The average molecular weight is 336 g/mol. The first kappa shape index (κ1) is 16.4. The molecule has 3 heterocycles. The molecule has 3 aliphatic rings. The Kier molecular flexibility index (Phi) is 3.95. The predicted molar refractivity (Wildman–Crippen MR) is 83.8 cm³/mol. The fraction of sp³-hybridized carbons (Fsp3) is 0.667. The van der Waals surface area contributed by atoms with E-state index in [1.165, 1.54) is 0 Å². The number of aliphatic hydroxyl groups is 1. The second kappa shape index (κ2) is 5.76. The molecule has 3 saturated heterocycles. The summed E-state index contributed by atoms with van der Waals surface area (Å²) < 4.78 is 30.2. The van der Waals surface area contributed by atoms with E-state index in [9.17, 15) is 5.11 Å². The molecule has 24 heavy (non-hydrogen) atoms. The van der Waals surface area contributed by atoms with Gasteiger partial charge in [-0.05, 0) is 5.56 Å². The fourth-order valence-corrected chi connectivity index (χ4v) is 3.47. The van der Waals surface area contributed by atoms with Gasteiger partial charge in [-0.3, -0.25) is 4.74 Å². The first-order valence-corrected chi connectivity index (χ1v) is 8.39. The van der Waals surface area contributed by atoms with Crippen LogP contribution in [0.5, 0.6) is 0 Å². The van der Waals surface area contributed by atoms with E-state index >= 15 is 0 Å². The monoisotopic (exact) mass is 336 g/mol. The van der Waals surface area contributed by atoms with Crippen LogP contribution in [0.4, 0.5) is 0 Å². The van der Waals surface area contributed by atoms with Gasteiger partial charge in [-0.1, -0.05) is 51.1 Å². The van der Waals surface area contributed by atoms with Crippen molar-refractivity contribution in [1.29, 1.82) is 0 Å². The molecule has 132 valence electrons. The van der Waals surface area contributed by atoms with Crippen molar-refractivity contribution < 1.29 is 28.8 Å². The number of ether oxygens (including phenoxy) is 5. The Labute approximate surface area is 141 Å². The molecule has 1 unspecified atom stereocenters. The fourth-order valence-electron chi connectivity index (χ4n) is 3.47. The Bertz CT molecular complexity index is 585. The highest BCUT2D eigenvalue weighted by Crippen LogP contribution is 2.52. The second-order valence-electron chi connectivity index (χ2n) is 7.58. The largest absolute Gasteiger partial charge is 0.394 e. The molecular formula is C18H24O6. The first-order valence-electron chi connectivity index (χ1n) is 8.39. The molecule has 4 rings (SSSR count). The van der Waals surface area contributed by atoms with Crippen molar-refractivity contribution in [3.8, 4) is 0 Å². The van der Waals surface area contributed by atoms with Crippen molar-refractivity contribution in [1.82, 2.24) is 0 Å². The van der Waals surface area contributed by atoms with Gasteiger partial charge in [0.15, 0.2) is 6.29 Å². The van der Waals surface area contributed by atoms with Gasteiger partial charge in [0, 0.05) is 5.41 Å². The van der Waals surface area contributed by atoms with Gasteiger partial charge in [0.25, 0.3) is 5.97 Å². The molecule has 1 aromatic rings. The van der Waals surface area contributed by atoms with Crippen molar-refractivity contribution in [3.63, 3.8) is 0 Å². The summed E-state index contributed by atoms with van der Waals surface area (Å²) in [5, 5.41) is 9.67. The Morgan fingerprint density at radius 1 is 1.08 bits per heavy atom. The normalized spacial score (nSPS) is 40.9. The number of aliphatic hydroxyl groups excluding tert-OH is 1. The van der Waals surface area contributed by atoms with Gasteiger partial charge in [-0.15, -0.1) is 0 Å². The molecule has 6 nitrogen and oxygen atoms in total. The Morgan fingerprint density at radius 3 is 2.46 bits per heavy atom. The summed E-state index contributed by atoms with van der Waals surface area (Å²) in [6, 6.07) is 9.93. The van der Waals surface area contributed by atoms with Crippen LogP contribution in [0.25, 0.3) is 0 Å². The van der Waals surface area contributed by atoms with Crippen molar-refractivity contribution in [3.05, 3.63) is 35.9 Å². The van der Waals surface area contributed by atoms with Crippen LogP contribution < -0.4 is 0 Å². The van der Waals surface area contributed by atoms with Gasteiger partial charge in [0.05, 0.1) is 13.2 Å².